The molecule has 5 rings (SSSR count). The maximum atomic E-state index is 12.2. The lowest BCUT2D eigenvalue weighted by Gasteiger charge is -2.16. The highest BCUT2D eigenvalue weighted by Crippen LogP contribution is 2.42. The topological polar surface area (TPSA) is 286 Å². The highest BCUT2D eigenvalue weighted by Gasteiger charge is 2.23. The van der Waals surface area contributed by atoms with E-state index >= 15 is 0 Å². The highest BCUT2D eigenvalue weighted by atomic mass is 32.2. The van der Waals surface area contributed by atoms with E-state index in [1.807, 2.05) is 0 Å². The number of azo groups is 1. The molecule has 0 radical (unpaired) electrons. The van der Waals surface area contributed by atoms with Crippen LogP contribution in [0, 0.1) is 0 Å². The smallest absolute Gasteiger partial charge is 0.326 e. The van der Waals surface area contributed by atoms with Gasteiger partial charge in [-0.3, -0.25) is 9.27 Å². The summed E-state index contributed by atoms with van der Waals surface area (Å²) in [6.45, 7) is 0. The standard InChI is InChI=1S/C28H24N8O10S2/c37-17-6-4-14(5-7-17)12-21(25(39)40)30-27-31-26(32-28(41)33-27)29-19-10-11-22(48(44,45)46)18-8-9-20(24(38)23(18)19)35-34-15-2-1-3-16(13-15)36-47(42)43/h1-11,13,21,37-38,47H,12H2,(H,39,40)(H,36,42,43)(H,44,45,46)(H3,29,30,31,32,33,41). The molecule has 0 amide bonds. The summed E-state index contributed by atoms with van der Waals surface area (Å²) in [5.74, 6) is -2.59. The number of anilines is 4. The SMILES string of the molecule is O=C(O)C(Cc1ccc(O)cc1)Nc1nc(O)nc(Nc2ccc(S(=O)(=O)O)c3ccc(N=Nc4cccc(N[SH](=O)=O)c4)c(O)c23)n1. The van der Waals surface area contributed by atoms with Crippen LogP contribution in [0.2, 0.25) is 0 Å². The molecule has 0 saturated carbocycles. The van der Waals surface area contributed by atoms with Crippen molar-refractivity contribution in [2.75, 3.05) is 15.4 Å². The van der Waals surface area contributed by atoms with E-state index in [0.717, 1.165) is 6.07 Å². The fourth-order valence-corrected chi connectivity index (χ4v) is 5.52. The number of hydrogen-bond acceptors (Lipinski definition) is 15. The number of nitrogens with zero attached hydrogens (tertiary/aromatic N) is 5. The van der Waals surface area contributed by atoms with Crippen LogP contribution in [0.1, 0.15) is 5.56 Å². The number of nitrogens with one attached hydrogen (secondary N) is 3. The molecule has 0 bridgehead atoms. The molecule has 8 N–H and O–H groups in total. The number of benzene rings is 4. The molecular weight excluding hydrogens is 672 g/mol. The zero-order chi connectivity index (χ0) is 34.6. The van der Waals surface area contributed by atoms with E-state index in [1.54, 1.807) is 0 Å². The Labute approximate surface area is 272 Å². The number of carbonyl (C=O) groups is 1. The van der Waals surface area contributed by atoms with Gasteiger partial charge < -0.3 is 31.1 Å². The van der Waals surface area contributed by atoms with E-state index in [1.165, 1.54) is 66.7 Å². The van der Waals surface area contributed by atoms with Gasteiger partial charge in [0, 0.05) is 11.8 Å². The molecule has 0 fully saturated rings. The van der Waals surface area contributed by atoms with Crippen molar-refractivity contribution in [2.24, 2.45) is 10.2 Å². The third kappa shape index (κ3) is 7.99. The van der Waals surface area contributed by atoms with Gasteiger partial charge in [0.05, 0.1) is 22.4 Å². The molecular formula is C28H24N8O10S2. The first-order chi connectivity index (χ1) is 22.8. The van der Waals surface area contributed by atoms with Gasteiger partial charge in [0.25, 0.3) is 10.1 Å². The summed E-state index contributed by atoms with van der Waals surface area (Å²) in [5, 5.41) is 53.7. The van der Waals surface area contributed by atoms with Crippen molar-refractivity contribution in [3.63, 3.8) is 0 Å². The van der Waals surface area contributed by atoms with Crippen LogP contribution in [0.3, 0.4) is 0 Å². The van der Waals surface area contributed by atoms with E-state index in [-0.39, 0.29) is 57.6 Å². The molecule has 0 saturated heterocycles. The van der Waals surface area contributed by atoms with Gasteiger partial charge in [-0.15, -0.1) is 5.11 Å². The first-order valence-corrected chi connectivity index (χ1v) is 16.1. The second-order valence-corrected chi connectivity index (χ2v) is 12.0. The van der Waals surface area contributed by atoms with Crippen molar-refractivity contribution >= 4 is 72.4 Å². The van der Waals surface area contributed by atoms with Crippen molar-refractivity contribution in [2.45, 2.75) is 17.4 Å². The van der Waals surface area contributed by atoms with Crippen molar-refractivity contribution in [3.05, 3.63) is 78.4 Å². The van der Waals surface area contributed by atoms with E-state index in [0.29, 0.717) is 5.56 Å². The van der Waals surface area contributed by atoms with Gasteiger partial charge in [-0.25, -0.2) is 13.2 Å². The van der Waals surface area contributed by atoms with Crippen LogP contribution in [0.4, 0.5) is 34.6 Å². The number of carboxylic acid groups (broad SMARTS) is 1. The summed E-state index contributed by atoms with van der Waals surface area (Å²) in [6.07, 6.45) is -0.0584. The minimum atomic E-state index is -4.79. The quantitative estimate of drug-likeness (QED) is 0.0512. The predicted octanol–water partition coefficient (Wildman–Crippen LogP) is 3.59. The summed E-state index contributed by atoms with van der Waals surface area (Å²) in [4.78, 5) is 23.0. The molecule has 48 heavy (non-hydrogen) atoms. The molecule has 0 aliphatic heterocycles. The van der Waals surface area contributed by atoms with Crippen molar-refractivity contribution < 1.29 is 46.6 Å². The number of phenols is 2. The van der Waals surface area contributed by atoms with Crippen LogP contribution in [-0.4, -0.2) is 68.8 Å². The summed E-state index contributed by atoms with van der Waals surface area (Å²) in [7, 11) is -7.73. The van der Waals surface area contributed by atoms with Gasteiger partial charge >= 0.3 is 12.0 Å². The lowest BCUT2D eigenvalue weighted by Crippen LogP contribution is -2.32. The fraction of sp³-hybridized carbons (Fsp3) is 0.0714. The monoisotopic (exact) mass is 696 g/mol. The third-order valence-corrected chi connectivity index (χ3v) is 7.91. The van der Waals surface area contributed by atoms with Gasteiger partial charge in [-0.05, 0) is 54.1 Å². The maximum Gasteiger partial charge on any atom is 0.326 e. The largest absolute Gasteiger partial charge is 0.508 e. The third-order valence-electron chi connectivity index (χ3n) is 6.56. The Balaban J connectivity index is 1.51. The van der Waals surface area contributed by atoms with Crippen LogP contribution in [0.25, 0.3) is 10.8 Å². The van der Waals surface area contributed by atoms with Gasteiger partial charge in [0.1, 0.15) is 22.4 Å². The van der Waals surface area contributed by atoms with Crippen LogP contribution >= 0.6 is 0 Å². The first kappa shape index (κ1) is 33.2. The molecule has 1 heterocycles. The Morgan fingerprint density at radius 3 is 2.31 bits per heavy atom. The highest BCUT2D eigenvalue weighted by molar-refractivity contribution is 7.86. The molecule has 0 aliphatic rings. The fourth-order valence-electron chi connectivity index (χ4n) is 4.48. The zero-order valence-corrected chi connectivity index (χ0v) is 25.8. The summed E-state index contributed by atoms with van der Waals surface area (Å²) in [6, 6.07) is 14.3. The lowest BCUT2D eigenvalue weighted by molar-refractivity contribution is -0.137. The number of fused-ring (bicyclic) bond motifs is 1. The molecule has 1 aromatic heterocycles. The van der Waals surface area contributed by atoms with Crippen LogP contribution in [-0.2, 0) is 32.2 Å². The number of thiol groups is 1. The molecule has 4 aromatic carbocycles. The van der Waals surface area contributed by atoms with Crippen LogP contribution in [0.15, 0.2) is 87.9 Å². The van der Waals surface area contributed by atoms with Crippen LogP contribution in [0.5, 0.6) is 17.5 Å². The van der Waals surface area contributed by atoms with Crippen molar-refractivity contribution in [3.8, 4) is 17.5 Å². The molecule has 1 atom stereocenters. The zero-order valence-electron chi connectivity index (χ0n) is 24.1. The Bertz CT molecular complexity index is 2240. The van der Waals surface area contributed by atoms with E-state index < -0.39 is 49.7 Å². The number of hydrogen-bond donors (Lipinski definition) is 9. The second kappa shape index (κ2) is 13.7. The number of phenolic OH excluding ortho intramolecular Hbond substituents is 2. The Morgan fingerprint density at radius 2 is 1.62 bits per heavy atom. The molecule has 20 heteroatoms. The maximum absolute atomic E-state index is 12.2. The molecule has 248 valence electrons. The van der Waals surface area contributed by atoms with Gasteiger partial charge in [-0.1, -0.05) is 24.3 Å². The van der Waals surface area contributed by atoms with E-state index in [2.05, 4.69) is 40.5 Å². The number of rotatable bonds is 12. The Kier molecular flexibility index (Phi) is 9.49. The van der Waals surface area contributed by atoms with Crippen LogP contribution < -0.4 is 15.4 Å². The second-order valence-electron chi connectivity index (χ2n) is 9.87. The van der Waals surface area contributed by atoms with E-state index in [9.17, 15) is 46.6 Å². The number of aliphatic carboxylic acids is 1. The average molecular weight is 697 g/mol. The van der Waals surface area contributed by atoms with E-state index in [4.69, 9.17) is 0 Å². The Morgan fingerprint density at radius 1 is 0.896 bits per heavy atom. The van der Waals surface area contributed by atoms with Crippen molar-refractivity contribution in [1.82, 2.24) is 15.0 Å². The molecule has 1 unspecified atom stereocenters. The number of aromatic nitrogens is 3. The number of aromatic hydroxyl groups is 3. The Hall–Kier alpha value is -6.12. The van der Waals surface area contributed by atoms with Gasteiger partial charge in [0.15, 0.2) is 5.75 Å². The summed E-state index contributed by atoms with van der Waals surface area (Å²) in [5.41, 5.74) is 0.770. The molecule has 5 aromatic rings. The summed E-state index contributed by atoms with van der Waals surface area (Å²) < 4.78 is 58.3. The normalized spacial score (nSPS) is 12.3. The average Bonchev–Trinajstić information content (AvgIpc) is 3.00. The van der Waals surface area contributed by atoms with Crippen molar-refractivity contribution in [1.29, 1.82) is 0 Å². The molecule has 0 aliphatic carbocycles. The lowest BCUT2D eigenvalue weighted by atomic mass is 10.1. The minimum absolute atomic E-state index is 0.00495. The predicted molar refractivity (Wildman–Crippen MR) is 172 cm³/mol. The summed E-state index contributed by atoms with van der Waals surface area (Å²) >= 11 is 0. The molecule has 18 nitrogen and oxygen atoms in total. The van der Waals surface area contributed by atoms with Gasteiger partial charge in [-0.2, -0.15) is 28.5 Å². The molecule has 0 spiro atoms. The number of carboxylic acids is 1. The first-order valence-electron chi connectivity index (χ1n) is 13.4. The minimum Gasteiger partial charge on any atom is -0.508 e. The van der Waals surface area contributed by atoms with Gasteiger partial charge in [0.2, 0.25) is 22.8 Å².